The molecule has 2 aliphatic rings. The van der Waals surface area contributed by atoms with Gasteiger partial charge in [0.15, 0.2) is 0 Å². The minimum Gasteiger partial charge on any atom is -0.430 e. The number of hydrogen-bond donors (Lipinski definition) is 1. The Morgan fingerprint density at radius 1 is 1.38 bits per heavy atom. The first-order chi connectivity index (χ1) is 5.94. The van der Waals surface area contributed by atoms with Gasteiger partial charge in [0.25, 0.3) is 5.91 Å². The summed E-state index contributed by atoms with van der Waals surface area (Å²) in [5.41, 5.74) is -1.47. The van der Waals surface area contributed by atoms with Gasteiger partial charge in [0, 0.05) is 6.42 Å². The molecule has 0 bridgehead atoms. The van der Waals surface area contributed by atoms with Gasteiger partial charge in [-0.1, -0.05) is 0 Å². The number of rotatable bonds is 0. The molecule has 0 aromatic heterocycles. The highest BCUT2D eigenvalue weighted by atomic mass is 16.6. The molecule has 5 nitrogen and oxygen atoms in total. The van der Waals surface area contributed by atoms with E-state index in [0.717, 1.165) is 0 Å². The maximum atomic E-state index is 11.4. The van der Waals surface area contributed by atoms with Crippen LogP contribution in [0.25, 0.3) is 0 Å². The molecule has 1 atom stereocenters. The summed E-state index contributed by atoms with van der Waals surface area (Å²) in [6, 6.07) is 0. The van der Waals surface area contributed by atoms with Gasteiger partial charge >= 0.3 is 6.09 Å². The average Bonchev–Trinajstić information content (AvgIpc) is 2.38. The number of ether oxygens (including phenoxy) is 2. The van der Waals surface area contributed by atoms with Gasteiger partial charge in [0.05, 0.1) is 12.2 Å². The first-order valence-corrected chi connectivity index (χ1v) is 4.12. The van der Waals surface area contributed by atoms with Crippen LogP contribution in [0.5, 0.6) is 0 Å². The summed E-state index contributed by atoms with van der Waals surface area (Å²) in [6.45, 7) is 3.87. The van der Waals surface area contributed by atoms with E-state index in [2.05, 4.69) is 5.32 Å². The Kier molecular flexibility index (Phi) is 1.46. The molecule has 2 aliphatic heterocycles. The van der Waals surface area contributed by atoms with Crippen LogP contribution in [0.2, 0.25) is 0 Å². The lowest BCUT2D eigenvalue weighted by atomic mass is 9.93. The average molecular weight is 185 g/mol. The minimum atomic E-state index is -1.07. The summed E-state index contributed by atoms with van der Waals surface area (Å²) in [5.74, 6) is -0.386. The SMILES string of the molecule is CC1(C)CC2(CO1)OC(=O)NC2=O. The van der Waals surface area contributed by atoms with Gasteiger partial charge < -0.3 is 9.47 Å². The molecule has 1 unspecified atom stereocenters. The predicted octanol–water partition coefficient (Wildman–Crippen LogP) is 0.190. The van der Waals surface area contributed by atoms with Gasteiger partial charge in [-0.25, -0.2) is 4.79 Å². The van der Waals surface area contributed by atoms with Crippen molar-refractivity contribution in [3.63, 3.8) is 0 Å². The Morgan fingerprint density at radius 2 is 2.08 bits per heavy atom. The van der Waals surface area contributed by atoms with E-state index >= 15 is 0 Å². The summed E-state index contributed by atoms with van der Waals surface area (Å²) < 4.78 is 10.3. The molecule has 0 radical (unpaired) electrons. The van der Waals surface area contributed by atoms with Crippen LogP contribution in [0, 0.1) is 0 Å². The maximum Gasteiger partial charge on any atom is 0.415 e. The molecule has 13 heavy (non-hydrogen) atoms. The number of nitrogens with one attached hydrogen (secondary N) is 1. The van der Waals surface area contributed by atoms with Crippen molar-refractivity contribution in [1.82, 2.24) is 5.32 Å². The molecule has 0 aliphatic carbocycles. The molecule has 2 amide bonds. The molecular formula is C8H11NO4. The highest BCUT2D eigenvalue weighted by Crippen LogP contribution is 2.37. The molecule has 2 rings (SSSR count). The Morgan fingerprint density at radius 3 is 2.46 bits per heavy atom. The fourth-order valence-electron chi connectivity index (χ4n) is 1.77. The van der Waals surface area contributed by atoms with Crippen molar-refractivity contribution in [1.29, 1.82) is 0 Å². The van der Waals surface area contributed by atoms with Crippen molar-refractivity contribution in [2.75, 3.05) is 6.61 Å². The number of imide groups is 1. The fourth-order valence-corrected chi connectivity index (χ4v) is 1.77. The van der Waals surface area contributed by atoms with Gasteiger partial charge in [0.1, 0.15) is 0 Å². The summed E-state index contributed by atoms with van der Waals surface area (Å²) >= 11 is 0. The molecule has 0 aromatic rings. The van der Waals surface area contributed by atoms with Crippen molar-refractivity contribution in [3.8, 4) is 0 Å². The zero-order valence-corrected chi connectivity index (χ0v) is 7.55. The molecule has 1 spiro atoms. The lowest BCUT2D eigenvalue weighted by Crippen LogP contribution is -2.40. The molecule has 2 saturated heterocycles. The summed E-state index contributed by atoms with van der Waals surface area (Å²) in [4.78, 5) is 22.2. The fraction of sp³-hybridized carbons (Fsp3) is 0.750. The van der Waals surface area contributed by atoms with E-state index in [1.54, 1.807) is 0 Å². The molecule has 72 valence electrons. The smallest absolute Gasteiger partial charge is 0.415 e. The third-order valence-corrected chi connectivity index (χ3v) is 2.32. The van der Waals surface area contributed by atoms with Crippen LogP contribution in [0.15, 0.2) is 0 Å². The molecule has 2 fully saturated rings. The monoisotopic (exact) mass is 185 g/mol. The Labute approximate surface area is 75.4 Å². The van der Waals surface area contributed by atoms with Gasteiger partial charge in [-0.3, -0.25) is 10.1 Å². The summed E-state index contributed by atoms with van der Waals surface area (Å²) in [7, 11) is 0. The summed E-state index contributed by atoms with van der Waals surface area (Å²) in [5, 5.41) is 2.11. The molecule has 0 aromatic carbocycles. The van der Waals surface area contributed by atoms with E-state index < -0.39 is 17.3 Å². The van der Waals surface area contributed by atoms with E-state index in [1.165, 1.54) is 0 Å². The third kappa shape index (κ3) is 1.19. The van der Waals surface area contributed by atoms with Crippen molar-refractivity contribution >= 4 is 12.0 Å². The molecule has 5 heteroatoms. The van der Waals surface area contributed by atoms with Crippen molar-refractivity contribution in [2.24, 2.45) is 0 Å². The molecule has 1 N–H and O–H groups in total. The van der Waals surface area contributed by atoms with Crippen molar-refractivity contribution < 1.29 is 19.1 Å². The largest absolute Gasteiger partial charge is 0.430 e. The van der Waals surface area contributed by atoms with E-state index in [4.69, 9.17) is 9.47 Å². The zero-order valence-electron chi connectivity index (χ0n) is 7.55. The highest BCUT2D eigenvalue weighted by molar-refractivity contribution is 6.03. The number of carbonyl (C=O) groups is 2. The van der Waals surface area contributed by atoms with Crippen LogP contribution in [0.4, 0.5) is 4.79 Å². The predicted molar refractivity (Wildman–Crippen MR) is 42.0 cm³/mol. The van der Waals surface area contributed by atoms with Crippen LogP contribution in [0.3, 0.4) is 0 Å². The second-order valence-electron chi connectivity index (χ2n) is 4.06. The number of hydrogen-bond acceptors (Lipinski definition) is 4. The van der Waals surface area contributed by atoms with E-state index in [1.807, 2.05) is 13.8 Å². The second kappa shape index (κ2) is 2.23. The highest BCUT2D eigenvalue weighted by Gasteiger charge is 2.57. The molecule has 0 saturated carbocycles. The molecular weight excluding hydrogens is 174 g/mol. The topological polar surface area (TPSA) is 64.6 Å². The number of amides is 2. The quantitative estimate of drug-likeness (QED) is 0.585. The van der Waals surface area contributed by atoms with Gasteiger partial charge in [-0.05, 0) is 13.8 Å². The normalized spacial score (nSPS) is 36.5. The Bertz CT molecular complexity index is 286. The van der Waals surface area contributed by atoms with Crippen molar-refractivity contribution in [3.05, 3.63) is 0 Å². The number of alkyl carbamates (subject to hydrolysis) is 1. The maximum absolute atomic E-state index is 11.4. The lowest BCUT2D eigenvalue weighted by molar-refractivity contribution is -0.131. The van der Waals surface area contributed by atoms with Crippen LogP contribution in [0.1, 0.15) is 20.3 Å². The van der Waals surface area contributed by atoms with E-state index in [-0.39, 0.29) is 12.5 Å². The van der Waals surface area contributed by atoms with Crippen LogP contribution < -0.4 is 5.32 Å². The minimum absolute atomic E-state index is 0.150. The number of carbonyl (C=O) groups excluding carboxylic acids is 2. The van der Waals surface area contributed by atoms with Crippen LogP contribution in [-0.4, -0.2) is 29.8 Å². The van der Waals surface area contributed by atoms with E-state index in [9.17, 15) is 9.59 Å². The van der Waals surface area contributed by atoms with Crippen LogP contribution in [-0.2, 0) is 14.3 Å². The first kappa shape index (κ1) is 8.50. The lowest BCUT2D eigenvalue weighted by Gasteiger charge is -2.18. The zero-order chi connectivity index (χ0) is 9.69. The van der Waals surface area contributed by atoms with Crippen molar-refractivity contribution in [2.45, 2.75) is 31.5 Å². The van der Waals surface area contributed by atoms with Gasteiger partial charge in [-0.15, -0.1) is 0 Å². The second-order valence-corrected chi connectivity index (χ2v) is 4.06. The van der Waals surface area contributed by atoms with Gasteiger partial charge in [0.2, 0.25) is 5.60 Å². The molecule has 2 heterocycles. The van der Waals surface area contributed by atoms with Gasteiger partial charge in [-0.2, -0.15) is 0 Å². The summed E-state index contributed by atoms with van der Waals surface area (Å²) in [6.07, 6.45) is -0.260. The standard InChI is InChI=1S/C8H11NO4/c1-7(2)3-8(4-12-7)5(10)9-6(11)13-8/h3-4H2,1-2H3,(H,9,10,11). The third-order valence-electron chi connectivity index (χ3n) is 2.32. The van der Waals surface area contributed by atoms with E-state index in [0.29, 0.717) is 6.42 Å². The Hall–Kier alpha value is -1.10. The van der Waals surface area contributed by atoms with Crippen LogP contribution >= 0.6 is 0 Å². The first-order valence-electron chi connectivity index (χ1n) is 4.12. The Balaban J connectivity index is 2.24.